The summed E-state index contributed by atoms with van der Waals surface area (Å²) in [7, 11) is -3.54. The van der Waals surface area contributed by atoms with Crippen molar-refractivity contribution in [3.8, 4) is 0 Å². The molecule has 1 aliphatic heterocycles. The number of piperidine rings is 1. The summed E-state index contributed by atoms with van der Waals surface area (Å²) in [6.07, 6.45) is 5.46. The summed E-state index contributed by atoms with van der Waals surface area (Å²) in [5.74, 6) is -0.0242. The van der Waals surface area contributed by atoms with E-state index in [4.69, 9.17) is 0 Å². The molecule has 1 saturated heterocycles. The van der Waals surface area contributed by atoms with E-state index >= 15 is 0 Å². The summed E-state index contributed by atoms with van der Waals surface area (Å²) in [5.41, 5.74) is 1.79. The van der Waals surface area contributed by atoms with Gasteiger partial charge in [-0.1, -0.05) is 38.5 Å². The van der Waals surface area contributed by atoms with Crippen molar-refractivity contribution in [2.75, 3.05) is 19.6 Å². The SMILES string of the molecule is CCCCNC(=O)C(CC)Sc1nnc2c(n1)[nH]c1ccc(S(=O)(=O)N3CCCCC3)cc12. The van der Waals surface area contributed by atoms with Gasteiger partial charge in [0, 0.05) is 30.5 Å². The van der Waals surface area contributed by atoms with Crippen LogP contribution in [0.5, 0.6) is 0 Å². The number of aromatic nitrogens is 4. The van der Waals surface area contributed by atoms with Gasteiger partial charge in [-0.2, -0.15) is 4.31 Å². The second-order valence-electron chi connectivity index (χ2n) is 8.25. The van der Waals surface area contributed by atoms with Crippen LogP contribution >= 0.6 is 11.8 Å². The van der Waals surface area contributed by atoms with Gasteiger partial charge in [0.15, 0.2) is 5.65 Å². The van der Waals surface area contributed by atoms with Gasteiger partial charge in [-0.15, -0.1) is 10.2 Å². The Kier molecular flexibility index (Phi) is 7.50. The first-order valence-electron chi connectivity index (χ1n) is 11.5. The zero-order chi connectivity index (χ0) is 23.4. The second kappa shape index (κ2) is 10.4. The number of sulfonamides is 1. The zero-order valence-corrected chi connectivity index (χ0v) is 20.6. The van der Waals surface area contributed by atoms with Gasteiger partial charge in [0.1, 0.15) is 5.52 Å². The fourth-order valence-electron chi connectivity index (χ4n) is 3.95. The average Bonchev–Trinajstić information content (AvgIpc) is 3.20. The molecule has 3 aromatic rings. The highest BCUT2D eigenvalue weighted by molar-refractivity contribution is 8.00. The van der Waals surface area contributed by atoms with Crippen LogP contribution in [0.2, 0.25) is 0 Å². The number of benzene rings is 1. The molecule has 2 N–H and O–H groups in total. The van der Waals surface area contributed by atoms with Crippen molar-refractivity contribution in [2.24, 2.45) is 0 Å². The molecule has 178 valence electrons. The van der Waals surface area contributed by atoms with Crippen molar-refractivity contribution in [2.45, 2.75) is 67.7 Å². The van der Waals surface area contributed by atoms with Crippen LogP contribution in [-0.4, -0.2) is 63.7 Å². The molecular formula is C22H30N6O3S2. The highest BCUT2D eigenvalue weighted by atomic mass is 32.2. The van der Waals surface area contributed by atoms with Crippen LogP contribution in [0.25, 0.3) is 22.1 Å². The number of hydrogen-bond acceptors (Lipinski definition) is 7. The fraction of sp³-hybridized carbons (Fsp3) is 0.545. The topological polar surface area (TPSA) is 121 Å². The van der Waals surface area contributed by atoms with E-state index in [-0.39, 0.29) is 16.1 Å². The van der Waals surface area contributed by atoms with Gasteiger partial charge in [-0.05, 0) is 43.9 Å². The van der Waals surface area contributed by atoms with E-state index in [2.05, 4.69) is 32.4 Å². The van der Waals surface area contributed by atoms with Crippen LogP contribution < -0.4 is 5.32 Å². The number of amides is 1. The third-order valence-corrected chi connectivity index (χ3v) is 8.97. The molecule has 0 aliphatic carbocycles. The molecule has 1 fully saturated rings. The number of aromatic amines is 1. The van der Waals surface area contributed by atoms with Gasteiger partial charge in [0.25, 0.3) is 0 Å². The lowest BCUT2D eigenvalue weighted by molar-refractivity contribution is -0.120. The number of unbranched alkanes of at least 4 members (excludes halogenated alkanes) is 1. The molecule has 4 rings (SSSR count). The van der Waals surface area contributed by atoms with Gasteiger partial charge >= 0.3 is 0 Å². The largest absolute Gasteiger partial charge is 0.355 e. The van der Waals surface area contributed by atoms with Crippen molar-refractivity contribution in [1.29, 1.82) is 0 Å². The molecule has 1 aliphatic rings. The average molecular weight is 491 g/mol. The minimum Gasteiger partial charge on any atom is -0.355 e. The van der Waals surface area contributed by atoms with Crippen LogP contribution in [0.15, 0.2) is 28.3 Å². The predicted molar refractivity (Wildman–Crippen MR) is 130 cm³/mol. The summed E-state index contributed by atoms with van der Waals surface area (Å²) in [6, 6.07) is 5.02. The van der Waals surface area contributed by atoms with E-state index in [9.17, 15) is 13.2 Å². The molecule has 1 amide bonds. The van der Waals surface area contributed by atoms with Gasteiger partial charge in [-0.3, -0.25) is 4.79 Å². The van der Waals surface area contributed by atoms with Crippen molar-refractivity contribution >= 4 is 49.8 Å². The van der Waals surface area contributed by atoms with Crippen LogP contribution in [-0.2, 0) is 14.8 Å². The Hall–Kier alpha value is -2.24. The predicted octanol–water partition coefficient (Wildman–Crippen LogP) is 3.47. The smallest absolute Gasteiger partial charge is 0.243 e. The van der Waals surface area contributed by atoms with Crippen molar-refractivity contribution in [3.63, 3.8) is 0 Å². The Balaban J connectivity index is 1.59. The molecule has 33 heavy (non-hydrogen) atoms. The summed E-state index contributed by atoms with van der Waals surface area (Å²) < 4.78 is 27.7. The normalized spacial score (nSPS) is 16.3. The highest BCUT2D eigenvalue weighted by Gasteiger charge is 2.27. The lowest BCUT2D eigenvalue weighted by Crippen LogP contribution is -2.35. The number of rotatable bonds is 9. The Bertz CT molecular complexity index is 1240. The monoisotopic (exact) mass is 490 g/mol. The molecule has 0 spiro atoms. The number of carbonyl (C=O) groups excluding carboxylic acids is 1. The summed E-state index contributed by atoms with van der Waals surface area (Å²) >= 11 is 1.29. The van der Waals surface area contributed by atoms with Crippen LogP contribution in [0.1, 0.15) is 52.4 Å². The lowest BCUT2D eigenvalue weighted by atomic mass is 10.2. The molecule has 11 heteroatoms. The molecule has 3 heterocycles. The molecule has 9 nitrogen and oxygen atoms in total. The van der Waals surface area contributed by atoms with E-state index in [1.807, 2.05) is 6.92 Å². The molecule has 1 atom stereocenters. The van der Waals surface area contributed by atoms with Gasteiger partial charge in [-0.25, -0.2) is 13.4 Å². The van der Waals surface area contributed by atoms with E-state index in [0.29, 0.717) is 47.8 Å². The maximum Gasteiger partial charge on any atom is 0.243 e. The van der Waals surface area contributed by atoms with E-state index in [1.54, 1.807) is 22.5 Å². The standard InChI is InChI=1S/C22H30N6O3S2/c1-3-5-11-23-21(29)18(4-2)32-22-25-20-19(26-27-22)16-14-15(9-10-17(16)24-20)33(30,31)28-12-7-6-8-13-28/h9-10,14,18H,3-8,11-13H2,1-2H3,(H,23,29)(H,24,25,27). The number of carbonyl (C=O) groups is 1. The lowest BCUT2D eigenvalue weighted by Gasteiger charge is -2.25. The summed E-state index contributed by atoms with van der Waals surface area (Å²) in [5, 5.41) is 12.3. The molecular weight excluding hydrogens is 460 g/mol. The van der Waals surface area contributed by atoms with E-state index < -0.39 is 10.0 Å². The Labute approximate surface area is 198 Å². The highest BCUT2D eigenvalue weighted by Crippen LogP contribution is 2.29. The van der Waals surface area contributed by atoms with Crippen molar-refractivity contribution < 1.29 is 13.2 Å². The Morgan fingerprint density at radius 2 is 2.00 bits per heavy atom. The van der Waals surface area contributed by atoms with Gasteiger partial charge < -0.3 is 10.3 Å². The molecule has 0 saturated carbocycles. The minimum absolute atomic E-state index is 0.0242. The van der Waals surface area contributed by atoms with Crippen LogP contribution in [0.3, 0.4) is 0 Å². The van der Waals surface area contributed by atoms with Crippen LogP contribution in [0.4, 0.5) is 0 Å². The number of nitrogens with zero attached hydrogens (tertiary/aromatic N) is 4. The van der Waals surface area contributed by atoms with Gasteiger partial charge in [0.05, 0.1) is 10.1 Å². The first-order chi connectivity index (χ1) is 15.9. The van der Waals surface area contributed by atoms with E-state index in [0.717, 1.165) is 37.6 Å². The molecule has 0 radical (unpaired) electrons. The number of nitrogens with one attached hydrogen (secondary N) is 2. The third kappa shape index (κ3) is 5.15. The number of hydrogen-bond donors (Lipinski definition) is 2. The van der Waals surface area contributed by atoms with Crippen LogP contribution in [0, 0.1) is 0 Å². The Morgan fingerprint density at radius 3 is 2.73 bits per heavy atom. The summed E-state index contributed by atoms with van der Waals surface area (Å²) in [6.45, 7) is 5.81. The van der Waals surface area contributed by atoms with Gasteiger partial charge in [0.2, 0.25) is 21.1 Å². The van der Waals surface area contributed by atoms with E-state index in [1.165, 1.54) is 11.8 Å². The maximum absolute atomic E-state index is 13.1. The zero-order valence-electron chi connectivity index (χ0n) is 19.0. The fourth-order valence-corrected chi connectivity index (χ4v) is 6.34. The Morgan fingerprint density at radius 1 is 1.21 bits per heavy atom. The number of thioether (sulfide) groups is 1. The first-order valence-corrected chi connectivity index (χ1v) is 13.9. The summed E-state index contributed by atoms with van der Waals surface area (Å²) in [4.78, 5) is 20.5. The second-order valence-corrected chi connectivity index (χ2v) is 11.4. The number of fused-ring (bicyclic) bond motifs is 3. The minimum atomic E-state index is -3.54. The molecule has 1 aromatic carbocycles. The quantitative estimate of drug-likeness (QED) is 0.348. The number of H-pyrrole nitrogens is 1. The molecule has 2 aromatic heterocycles. The third-order valence-electron chi connectivity index (χ3n) is 5.86. The maximum atomic E-state index is 13.1. The first kappa shape index (κ1) is 23.9. The van der Waals surface area contributed by atoms with Crippen molar-refractivity contribution in [1.82, 2.24) is 29.8 Å². The molecule has 0 bridgehead atoms. The van der Waals surface area contributed by atoms with Crippen molar-refractivity contribution in [3.05, 3.63) is 18.2 Å². The molecule has 1 unspecified atom stereocenters.